The molecule has 0 spiro atoms. The van der Waals surface area contributed by atoms with Crippen molar-refractivity contribution in [3.63, 3.8) is 0 Å². The third-order valence-corrected chi connectivity index (χ3v) is 3.40. The molecule has 2 unspecified atom stereocenters. The molecule has 1 aliphatic rings. The second-order valence-electron chi connectivity index (χ2n) is 5.37. The fourth-order valence-electron chi connectivity index (χ4n) is 2.41. The Hall–Kier alpha value is -1.06. The van der Waals surface area contributed by atoms with Crippen LogP contribution in [0.4, 0.5) is 0 Å². The van der Waals surface area contributed by atoms with Gasteiger partial charge in [0.25, 0.3) is 0 Å². The Labute approximate surface area is 109 Å². The fourth-order valence-corrected chi connectivity index (χ4v) is 2.41. The number of aliphatic hydroxyl groups is 1. The van der Waals surface area contributed by atoms with E-state index in [4.69, 9.17) is 9.47 Å². The first-order chi connectivity index (χ1) is 8.53. The molecule has 1 aromatic rings. The van der Waals surface area contributed by atoms with E-state index in [1.807, 2.05) is 45.0 Å². The van der Waals surface area contributed by atoms with Crippen molar-refractivity contribution in [1.29, 1.82) is 0 Å². The van der Waals surface area contributed by atoms with Crippen LogP contribution in [0.3, 0.4) is 0 Å². The van der Waals surface area contributed by atoms with Crippen LogP contribution in [0.1, 0.15) is 45.3 Å². The third-order valence-electron chi connectivity index (χ3n) is 3.40. The summed E-state index contributed by atoms with van der Waals surface area (Å²) in [5, 5.41) is 10.6. The molecule has 3 nitrogen and oxygen atoms in total. The minimum atomic E-state index is -0.644. The lowest BCUT2D eigenvalue weighted by Gasteiger charge is -2.30. The van der Waals surface area contributed by atoms with Gasteiger partial charge in [-0.15, -0.1) is 0 Å². The number of para-hydroxylation sites is 1. The van der Waals surface area contributed by atoms with Crippen LogP contribution >= 0.6 is 0 Å². The highest BCUT2D eigenvalue weighted by Crippen LogP contribution is 2.40. The minimum Gasteiger partial charge on any atom is -0.491 e. The Morgan fingerprint density at radius 3 is 2.67 bits per heavy atom. The lowest BCUT2D eigenvalue weighted by molar-refractivity contribution is -0.0806. The molecule has 1 N–H and O–H groups in total. The van der Waals surface area contributed by atoms with Crippen molar-refractivity contribution in [2.75, 3.05) is 6.61 Å². The van der Waals surface area contributed by atoms with Gasteiger partial charge in [-0.2, -0.15) is 0 Å². The first-order valence-corrected chi connectivity index (χ1v) is 6.60. The van der Waals surface area contributed by atoms with Gasteiger partial charge < -0.3 is 14.6 Å². The Morgan fingerprint density at radius 1 is 1.33 bits per heavy atom. The average molecular weight is 250 g/mol. The van der Waals surface area contributed by atoms with Gasteiger partial charge in [0, 0.05) is 12.2 Å². The molecular weight excluding hydrogens is 228 g/mol. The molecule has 1 saturated heterocycles. The molecule has 1 fully saturated rings. The van der Waals surface area contributed by atoms with E-state index < -0.39 is 11.7 Å². The van der Waals surface area contributed by atoms with Crippen molar-refractivity contribution in [2.24, 2.45) is 0 Å². The number of aliphatic hydroxyl groups excluding tert-OH is 1. The Balaban J connectivity index is 2.26. The molecule has 18 heavy (non-hydrogen) atoms. The van der Waals surface area contributed by atoms with Crippen LogP contribution in [0.2, 0.25) is 0 Å². The predicted molar refractivity (Wildman–Crippen MR) is 70.8 cm³/mol. The second-order valence-corrected chi connectivity index (χ2v) is 5.37. The van der Waals surface area contributed by atoms with Crippen LogP contribution in [-0.4, -0.2) is 23.4 Å². The maximum atomic E-state index is 10.6. The molecule has 100 valence electrons. The van der Waals surface area contributed by atoms with Gasteiger partial charge in [0.1, 0.15) is 11.9 Å². The topological polar surface area (TPSA) is 38.7 Å². The zero-order valence-electron chi connectivity index (χ0n) is 11.3. The molecule has 0 radical (unpaired) electrons. The molecule has 2 rings (SSSR count). The van der Waals surface area contributed by atoms with E-state index in [-0.39, 0.29) is 6.10 Å². The van der Waals surface area contributed by atoms with E-state index in [0.717, 1.165) is 30.8 Å². The molecule has 0 amide bonds. The van der Waals surface area contributed by atoms with Crippen LogP contribution in [0.15, 0.2) is 24.3 Å². The number of rotatable bonds is 4. The summed E-state index contributed by atoms with van der Waals surface area (Å²) in [5.41, 5.74) is 0.326. The Bertz CT molecular complexity index is 394. The third kappa shape index (κ3) is 2.68. The quantitative estimate of drug-likeness (QED) is 0.892. The van der Waals surface area contributed by atoms with Crippen LogP contribution in [0.5, 0.6) is 5.75 Å². The number of ether oxygens (including phenoxy) is 2. The van der Waals surface area contributed by atoms with Gasteiger partial charge in [-0.25, -0.2) is 0 Å². The molecule has 1 aromatic carbocycles. The summed E-state index contributed by atoms with van der Waals surface area (Å²) in [5.74, 6) is 0.747. The number of hydrogen-bond donors (Lipinski definition) is 1. The van der Waals surface area contributed by atoms with Gasteiger partial charge in [0.2, 0.25) is 0 Å². The highest BCUT2D eigenvalue weighted by Gasteiger charge is 2.39. The standard InChI is InChI=1S/C15H22O3/c1-11(2)18-13-8-5-4-7-12(13)14(16)15(3)9-6-10-17-15/h4-5,7-8,11,14,16H,6,9-10H2,1-3H3. The van der Waals surface area contributed by atoms with Crippen LogP contribution < -0.4 is 4.74 Å². The van der Waals surface area contributed by atoms with E-state index in [1.165, 1.54) is 0 Å². The first-order valence-electron chi connectivity index (χ1n) is 6.60. The van der Waals surface area contributed by atoms with E-state index in [2.05, 4.69) is 0 Å². The normalized spacial score (nSPS) is 25.4. The smallest absolute Gasteiger partial charge is 0.125 e. The fraction of sp³-hybridized carbons (Fsp3) is 0.600. The van der Waals surface area contributed by atoms with E-state index >= 15 is 0 Å². The molecule has 0 saturated carbocycles. The van der Waals surface area contributed by atoms with Gasteiger partial charge >= 0.3 is 0 Å². The summed E-state index contributed by atoms with van der Waals surface area (Å²) in [6.07, 6.45) is 1.33. The highest BCUT2D eigenvalue weighted by molar-refractivity contribution is 5.36. The van der Waals surface area contributed by atoms with Crippen LogP contribution in [0.25, 0.3) is 0 Å². The Morgan fingerprint density at radius 2 is 2.06 bits per heavy atom. The predicted octanol–water partition coefficient (Wildman–Crippen LogP) is 3.08. The lowest BCUT2D eigenvalue weighted by atomic mass is 9.90. The van der Waals surface area contributed by atoms with E-state index in [0.29, 0.717) is 0 Å². The summed E-state index contributed by atoms with van der Waals surface area (Å²) in [6.45, 7) is 6.66. The number of benzene rings is 1. The monoisotopic (exact) mass is 250 g/mol. The molecule has 3 heteroatoms. The van der Waals surface area contributed by atoms with E-state index in [9.17, 15) is 5.11 Å². The van der Waals surface area contributed by atoms with Crippen molar-refractivity contribution in [2.45, 2.75) is 51.4 Å². The molecule has 0 bridgehead atoms. The summed E-state index contributed by atoms with van der Waals surface area (Å²) in [7, 11) is 0. The van der Waals surface area contributed by atoms with Gasteiger partial charge in [-0.05, 0) is 39.7 Å². The molecular formula is C15H22O3. The molecule has 1 aliphatic heterocycles. The van der Waals surface area contributed by atoms with Gasteiger partial charge in [0.15, 0.2) is 0 Å². The SMILES string of the molecule is CC(C)Oc1ccccc1C(O)C1(C)CCCO1. The van der Waals surface area contributed by atoms with Gasteiger partial charge in [-0.3, -0.25) is 0 Å². The van der Waals surface area contributed by atoms with Crippen molar-refractivity contribution in [3.05, 3.63) is 29.8 Å². The minimum absolute atomic E-state index is 0.0932. The summed E-state index contributed by atoms with van der Waals surface area (Å²) < 4.78 is 11.5. The molecule has 0 aromatic heterocycles. The maximum Gasteiger partial charge on any atom is 0.125 e. The van der Waals surface area contributed by atoms with Gasteiger partial charge in [-0.1, -0.05) is 18.2 Å². The average Bonchev–Trinajstić information content (AvgIpc) is 2.76. The second kappa shape index (κ2) is 5.29. The zero-order valence-corrected chi connectivity index (χ0v) is 11.3. The molecule has 2 atom stereocenters. The maximum absolute atomic E-state index is 10.6. The van der Waals surface area contributed by atoms with Crippen LogP contribution in [0, 0.1) is 0 Å². The largest absolute Gasteiger partial charge is 0.491 e. The summed E-state index contributed by atoms with van der Waals surface area (Å²) in [6, 6.07) is 7.65. The molecule has 1 heterocycles. The summed E-state index contributed by atoms with van der Waals surface area (Å²) >= 11 is 0. The number of hydrogen-bond acceptors (Lipinski definition) is 3. The van der Waals surface area contributed by atoms with Crippen molar-refractivity contribution < 1.29 is 14.6 Å². The zero-order chi connectivity index (χ0) is 13.2. The molecule has 0 aliphatic carbocycles. The highest BCUT2D eigenvalue weighted by atomic mass is 16.5. The van der Waals surface area contributed by atoms with E-state index in [1.54, 1.807) is 0 Å². The van der Waals surface area contributed by atoms with Gasteiger partial charge in [0.05, 0.1) is 11.7 Å². The lowest BCUT2D eigenvalue weighted by Crippen LogP contribution is -2.32. The summed E-state index contributed by atoms with van der Waals surface area (Å²) in [4.78, 5) is 0. The van der Waals surface area contributed by atoms with Crippen LogP contribution in [-0.2, 0) is 4.74 Å². The Kier molecular flexibility index (Phi) is 3.93. The van der Waals surface area contributed by atoms with Crippen molar-refractivity contribution in [3.8, 4) is 5.75 Å². The van der Waals surface area contributed by atoms with Crippen molar-refractivity contribution >= 4 is 0 Å². The van der Waals surface area contributed by atoms with Crippen molar-refractivity contribution in [1.82, 2.24) is 0 Å². The first kappa shape index (κ1) is 13.4.